The first-order valence-corrected chi connectivity index (χ1v) is 7.41. The van der Waals surface area contributed by atoms with Gasteiger partial charge in [0.25, 0.3) is 0 Å². The number of anilines is 1. The Morgan fingerprint density at radius 3 is 2.61 bits per heavy atom. The largest absolute Gasteiger partial charge is 0.487 e. The van der Waals surface area contributed by atoms with Crippen LogP contribution >= 0.6 is 0 Å². The molecule has 0 saturated heterocycles. The maximum Gasteiger partial charge on any atom is 0.222 e. The van der Waals surface area contributed by atoms with Crippen molar-refractivity contribution >= 4 is 11.6 Å². The molecule has 0 bridgehead atoms. The van der Waals surface area contributed by atoms with Crippen LogP contribution in [0.1, 0.15) is 17.5 Å². The molecule has 0 unspecified atom stereocenters. The van der Waals surface area contributed by atoms with Gasteiger partial charge in [0.15, 0.2) is 0 Å². The molecule has 0 aliphatic heterocycles. The number of nitrogens with two attached hydrogens (primary N) is 1. The number of benzene rings is 2. The second-order valence-corrected chi connectivity index (χ2v) is 5.58. The molecule has 2 rings (SSSR count). The van der Waals surface area contributed by atoms with Gasteiger partial charge in [0, 0.05) is 20.5 Å². The molecular weight excluding hydrogens is 295 g/mol. The Balaban J connectivity index is 1.95. The number of carbonyl (C=O) groups excluding carboxylic acids is 1. The topological polar surface area (TPSA) is 55.6 Å². The molecule has 0 atom stereocenters. The van der Waals surface area contributed by atoms with E-state index in [1.54, 1.807) is 37.2 Å². The highest BCUT2D eigenvalue weighted by Gasteiger charge is 2.07. The number of hydrogen-bond acceptors (Lipinski definition) is 3. The van der Waals surface area contributed by atoms with Gasteiger partial charge in [-0.25, -0.2) is 4.39 Å². The summed E-state index contributed by atoms with van der Waals surface area (Å²) in [5, 5.41) is 0. The smallest absolute Gasteiger partial charge is 0.222 e. The minimum Gasteiger partial charge on any atom is -0.487 e. The monoisotopic (exact) mass is 316 g/mol. The molecule has 0 radical (unpaired) electrons. The van der Waals surface area contributed by atoms with E-state index in [0.29, 0.717) is 24.3 Å². The van der Waals surface area contributed by atoms with Crippen molar-refractivity contribution in [3.05, 3.63) is 59.4 Å². The van der Waals surface area contributed by atoms with Gasteiger partial charge in [0.2, 0.25) is 5.91 Å². The lowest BCUT2D eigenvalue weighted by molar-refractivity contribution is -0.128. The molecule has 1 amide bonds. The summed E-state index contributed by atoms with van der Waals surface area (Å²) in [6.07, 6.45) is 1.07. The first-order chi connectivity index (χ1) is 11.0. The van der Waals surface area contributed by atoms with Crippen molar-refractivity contribution in [1.29, 1.82) is 0 Å². The molecule has 4 nitrogen and oxygen atoms in total. The predicted octanol–water partition coefficient (Wildman–Crippen LogP) is 3.01. The Bertz CT molecular complexity index is 686. The van der Waals surface area contributed by atoms with E-state index in [4.69, 9.17) is 10.5 Å². The van der Waals surface area contributed by atoms with E-state index >= 15 is 0 Å². The Morgan fingerprint density at radius 1 is 1.17 bits per heavy atom. The number of nitrogens with zero attached hydrogens (tertiary/aromatic N) is 1. The Hall–Kier alpha value is -2.56. The third kappa shape index (κ3) is 4.98. The zero-order chi connectivity index (χ0) is 16.8. The maximum atomic E-state index is 13.1. The van der Waals surface area contributed by atoms with Crippen molar-refractivity contribution in [1.82, 2.24) is 4.90 Å². The van der Waals surface area contributed by atoms with Crippen LogP contribution in [0.15, 0.2) is 42.5 Å². The second-order valence-electron chi connectivity index (χ2n) is 5.58. The average Bonchev–Trinajstić information content (AvgIpc) is 2.51. The molecular formula is C18H21FN2O2. The summed E-state index contributed by atoms with van der Waals surface area (Å²) in [4.78, 5) is 13.2. The van der Waals surface area contributed by atoms with E-state index < -0.39 is 0 Å². The van der Waals surface area contributed by atoms with Crippen molar-refractivity contribution in [2.24, 2.45) is 0 Å². The normalized spacial score (nSPS) is 10.4. The molecule has 0 saturated carbocycles. The van der Waals surface area contributed by atoms with Crippen LogP contribution in [0.2, 0.25) is 0 Å². The van der Waals surface area contributed by atoms with Crippen molar-refractivity contribution < 1.29 is 13.9 Å². The van der Waals surface area contributed by atoms with Gasteiger partial charge in [-0.2, -0.15) is 0 Å². The summed E-state index contributed by atoms with van der Waals surface area (Å²) in [5.41, 5.74) is 8.22. The summed E-state index contributed by atoms with van der Waals surface area (Å²) in [7, 11) is 3.47. The molecule has 23 heavy (non-hydrogen) atoms. The van der Waals surface area contributed by atoms with Crippen molar-refractivity contribution in [2.75, 3.05) is 19.8 Å². The number of nitrogen functional groups attached to an aromatic ring is 1. The Labute approximate surface area is 135 Å². The maximum absolute atomic E-state index is 13.1. The Morgan fingerprint density at radius 2 is 1.96 bits per heavy atom. The standard InChI is InChI=1S/C18H21FN2O2/c1-21(2)18(22)9-7-13-6-8-17(16(20)11-13)23-12-14-4-3-5-15(19)10-14/h3-6,8,10-11H,7,9,12,20H2,1-2H3. The van der Waals surface area contributed by atoms with Crippen LogP contribution in [-0.4, -0.2) is 24.9 Å². The van der Waals surface area contributed by atoms with Gasteiger partial charge in [-0.05, 0) is 41.8 Å². The fourth-order valence-corrected chi connectivity index (χ4v) is 2.15. The highest BCUT2D eigenvalue weighted by molar-refractivity contribution is 5.75. The predicted molar refractivity (Wildman–Crippen MR) is 88.6 cm³/mol. The third-order valence-electron chi connectivity index (χ3n) is 3.48. The van der Waals surface area contributed by atoms with Gasteiger partial charge in [-0.3, -0.25) is 4.79 Å². The fraction of sp³-hybridized carbons (Fsp3) is 0.278. The van der Waals surface area contributed by atoms with E-state index in [9.17, 15) is 9.18 Å². The Kier molecular flexibility index (Phi) is 5.57. The van der Waals surface area contributed by atoms with Crippen LogP contribution in [0.4, 0.5) is 10.1 Å². The molecule has 0 aromatic heterocycles. The molecule has 0 heterocycles. The zero-order valence-corrected chi connectivity index (χ0v) is 13.4. The number of aryl methyl sites for hydroxylation is 1. The zero-order valence-electron chi connectivity index (χ0n) is 13.4. The molecule has 0 spiro atoms. The van der Waals surface area contributed by atoms with Crippen LogP contribution in [0.25, 0.3) is 0 Å². The van der Waals surface area contributed by atoms with Crippen molar-refractivity contribution in [2.45, 2.75) is 19.4 Å². The third-order valence-corrected chi connectivity index (χ3v) is 3.48. The van der Waals surface area contributed by atoms with E-state index in [0.717, 1.165) is 11.1 Å². The molecule has 122 valence electrons. The van der Waals surface area contributed by atoms with Crippen molar-refractivity contribution in [3.8, 4) is 5.75 Å². The van der Waals surface area contributed by atoms with Gasteiger partial charge >= 0.3 is 0 Å². The lowest BCUT2D eigenvalue weighted by Crippen LogP contribution is -2.21. The van der Waals surface area contributed by atoms with E-state index in [2.05, 4.69) is 0 Å². The summed E-state index contributed by atoms with van der Waals surface area (Å²) >= 11 is 0. The molecule has 2 aromatic carbocycles. The molecule has 0 aliphatic carbocycles. The van der Waals surface area contributed by atoms with Crippen molar-refractivity contribution in [3.63, 3.8) is 0 Å². The second kappa shape index (κ2) is 7.63. The first kappa shape index (κ1) is 16.8. The molecule has 0 fully saturated rings. The van der Waals surface area contributed by atoms with E-state index in [1.807, 2.05) is 12.1 Å². The van der Waals surface area contributed by atoms with Crippen LogP contribution in [0, 0.1) is 5.82 Å². The number of halogens is 1. The molecule has 2 aromatic rings. The highest BCUT2D eigenvalue weighted by atomic mass is 19.1. The van der Waals surface area contributed by atoms with Crippen LogP contribution < -0.4 is 10.5 Å². The minimum absolute atomic E-state index is 0.0787. The molecule has 5 heteroatoms. The number of ether oxygens (including phenoxy) is 1. The van der Waals surface area contributed by atoms with E-state index in [-0.39, 0.29) is 18.3 Å². The van der Waals surface area contributed by atoms with Crippen LogP contribution in [-0.2, 0) is 17.8 Å². The van der Waals surface area contributed by atoms with Crippen LogP contribution in [0.5, 0.6) is 5.75 Å². The van der Waals surface area contributed by atoms with Gasteiger partial charge in [-0.1, -0.05) is 18.2 Å². The van der Waals surface area contributed by atoms with Gasteiger partial charge in [0.05, 0.1) is 5.69 Å². The summed E-state index contributed by atoms with van der Waals surface area (Å²) in [6, 6.07) is 11.7. The average molecular weight is 316 g/mol. The summed E-state index contributed by atoms with van der Waals surface area (Å²) in [6.45, 7) is 0.250. The number of hydrogen-bond donors (Lipinski definition) is 1. The van der Waals surface area contributed by atoms with Gasteiger partial charge in [0.1, 0.15) is 18.2 Å². The summed E-state index contributed by atoms with van der Waals surface area (Å²) in [5.74, 6) is 0.340. The number of carbonyl (C=O) groups is 1. The summed E-state index contributed by atoms with van der Waals surface area (Å²) < 4.78 is 18.8. The minimum atomic E-state index is -0.292. The SMILES string of the molecule is CN(C)C(=O)CCc1ccc(OCc2cccc(F)c2)c(N)c1. The van der Waals surface area contributed by atoms with E-state index in [1.165, 1.54) is 12.1 Å². The fourth-order valence-electron chi connectivity index (χ4n) is 2.15. The lowest BCUT2D eigenvalue weighted by Gasteiger charge is -2.12. The number of rotatable bonds is 6. The van der Waals surface area contributed by atoms with Crippen LogP contribution in [0.3, 0.4) is 0 Å². The first-order valence-electron chi connectivity index (χ1n) is 7.41. The van der Waals surface area contributed by atoms with Gasteiger partial charge < -0.3 is 15.4 Å². The molecule has 0 aliphatic rings. The number of amides is 1. The lowest BCUT2D eigenvalue weighted by atomic mass is 10.1. The highest BCUT2D eigenvalue weighted by Crippen LogP contribution is 2.24. The molecule has 2 N–H and O–H groups in total. The van der Waals surface area contributed by atoms with Gasteiger partial charge in [-0.15, -0.1) is 0 Å². The quantitative estimate of drug-likeness (QED) is 0.834.